The topological polar surface area (TPSA) is 43.4 Å². The third-order valence-electron chi connectivity index (χ3n) is 3.59. The standard InChI is InChI=1S/C20H16O3S/c1-14-6-4-7-15(12-14)13-23-20(22)17-9-3-2-8-16(17)19(21)18-10-5-11-24-18/h2-12H,13H2,1H3. The first-order valence-corrected chi connectivity index (χ1v) is 8.43. The molecule has 0 radical (unpaired) electrons. The highest BCUT2D eigenvalue weighted by Crippen LogP contribution is 2.19. The maximum absolute atomic E-state index is 12.6. The summed E-state index contributed by atoms with van der Waals surface area (Å²) in [6, 6.07) is 18.1. The van der Waals surface area contributed by atoms with Crippen LogP contribution < -0.4 is 0 Å². The molecule has 0 bridgehead atoms. The van der Waals surface area contributed by atoms with Gasteiger partial charge in [-0.1, -0.05) is 54.1 Å². The molecule has 0 saturated carbocycles. The van der Waals surface area contributed by atoms with E-state index in [1.54, 1.807) is 30.3 Å². The van der Waals surface area contributed by atoms with Crippen LogP contribution in [-0.4, -0.2) is 11.8 Å². The highest BCUT2D eigenvalue weighted by atomic mass is 32.1. The van der Waals surface area contributed by atoms with Gasteiger partial charge in [0, 0.05) is 5.56 Å². The van der Waals surface area contributed by atoms with Gasteiger partial charge in [0.05, 0.1) is 10.4 Å². The Labute approximate surface area is 144 Å². The maximum Gasteiger partial charge on any atom is 0.339 e. The maximum atomic E-state index is 12.6. The molecule has 0 unspecified atom stereocenters. The van der Waals surface area contributed by atoms with E-state index in [0.717, 1.165) is 11.1 Å². The second-order valence-electron chi connectivity index (χ2n) is 5.42. The average molecular weight is 336 g/mol. The van der Waals surface area contributed by atoms with E-state index in [-0.39, 0.29) is 12.4 Å². The van der Waals surface area contributed by atoms with Crippen molar-refractivity contribution in [2.24, 2.45) is 0 Å². The molecule has 3 rings (SSSR count). The molecular weight excluding hydrogens is 320 g/mol. The lowest BCUT2D eigenvalue weighted by molar-refractivity contribution is 0.0470. The summed E-state index contributed by atoms with van der Waals surface area (Å²) < 4.78 is 5.39. The van der Waals surface area contributed by atoms with Crippen LogP contribution in [0.1, 0.15) is 36.7 Å². The zero-order chi connectivity index (χ0) is 16.9. The Morgan fingerprint density at radius 2 is 1.75 bits per heavy atom. The molecule has 3 aromatic rings. The lowest BCUT2D eigenvalue weighted by atomic mass is 10.0. The first-order chi connectivity index (χ1) is 11.6. The molecule has 0 aliphatic carbocycles. The average Bonchev–Trinajstić information content (AvgIpc) is 3.14. The molecule has 4 heteroatoms. The van der Waals surface area contributed by atoms with Crippen molar-refractivity contribution in [3.8, 4) is 0 Å². The summed E-state index contributed by atoms with van der Waals surface area (Å²) in [6.07, 6.45) is 0. The van der Waals surface area contributed by atoms with Gasteiger partial charge in [-0.2, -0.15) is 0 Å². The minimum Gasteiger partial charge on any atom is -0.457 e. The Balaban J connectivity index is 1.79. The molecule has 0 aliphatic heterocycles. The minimum absolute atomic E-state index is 0.159. The van der Waals surface area contributed by atoms with Crippen molar-refractivity contribution >= 4 is 23.1 Å². The number of carbonyl (C=O) groups is 2. The molecule has 120 valence electrons. The number of rotatable bonds is 5. The van der Waals surface area contributed by atoms with Crippen LogP contribution in [0, 0.1) is 6.92 Å². The van der Waals surface area contributed by atoms with Gasteiger partial charge in [-0.3, -0.25) is 4.79 Å². The van der Waals surface area contributed by atoms with Gasteiger partial charge >= 0.3 is 5.97 Å². The molecule has 0 amide bonds. The second-order valence-corrected chi connectivity index (χ2v) is 6.36. The second kappa shape index (κ2) is 7.23. The molecule has 3 nitrogen and oxygen atoms in total. The van der Waals surface area contributed by atoms with Gasteiger partial charge in [-0.05, 0) is 30.0 Å². The predicted octanol–water partition coefficient (Wildman–Crippen LogP) is 4.64. The molecule has 0 aliphatic rings. The summed E-state index contributed by atoms with van der Waals surface area (Å²) in [4.78, 5) is 25.6. The Kier molecular flexibility index (Phi) is 4.87. The van der Waals surface area contributed by atoms with Crippen LogP contribution in [0.25, 0.3) is 0 Å². The van der Waals surface area contributed by atoms with Crippen LogP contribution in [0.5, 0.6) is 0 Å². The van der Waals surface area contributed by atoms with Crippen molar-refractivity contribution in [2.75, 3.05) is 0 Å². The lowest BCUT2D eigenvalue weighted by Crippen LogP contribution is -2.12. The summed E-state index contributed by atoms with van der Waals surface area (Å²) in [7, 11) is 0. The van der Waals surface area contributed by atoms with Gasteiger partial charge in [-0.25, -0.2) is 4.79 Å². The van der Waals surface area contributed by atoms with Gasteiger partial charge in [-0.15, -0.1) is 11.3 Å². The van der Waals surface area contributed by atoms with Crippen LogP contribution in [-0.2, 0) is 11.3 Å². The van der Waals surface area contributed by atoms with Crippen molar-refractivity contribution in [1.29, 1.82) is 0 Å². The van der Waals surface area contributed by atoms with Crippen molar-refractivity contribution in [3.63, 3.8) is 0 Å². The minimum atomic E-state index is -0.489. The highest BCUT2D eigenvalue weighted by molar-refractivity contribution is 7.12. The van der Waals surface area contributed by atoms with E-state index >= 15 is 0 Å². The molecule has 0 saturated heterocycles. The van der Waals surface area contributed by atoms with Gasteiger partial charge in [0.1, 0.15) is 6.61 Å². The number of esters is 1. The fraction of sp³-hybridized carbons (Fsp3) is 0.100. The van der Waals surface area contributed by atoms with E-state index < -0.39 is 5.97 Å². The van der Waals surface area contributed by atoms with Gasteiger partial charge in [0.25, 0.3) is 0 Å². The third kappa shape index (κ3) is 3.60. The number of hydrogen-bond acceptors (Lipinski definition) is 4. The number of ketones is 1. The Morgan fingerprint density at radius 3 is 2.46 bits per heavy atom. The van der Waals surface area contributed by atoms with E-state index in [9.17, 15) is 9.59 Å². The molecule has 0 fully saturated rings. The molecular formula is C20H16O3S. The fourth-order valence-corrected chi connectivity index (χ4v) is 3.11. The van der Waals surface area contributed by atoms with E-state index in [1.807, 2.05) is 42.6 Å². The SMILES string of the molecule is Cc1cccc(COC(=O)c2ccccc2C(=O)c2cccs2)c1. The third-order valence-corrected chi connectivity index (χ3v) is 4.46. The molecule has 0 spiro atoms. The van der Waals surface area contributed by atoms with Crippen molar-refractivity contribution in [3.05, 3.63) is 93.2 Å². The molecule has 1 aromatic heterocycles. The predicted molar refractivity (Wildman–Crippen MR) is 94.5 cm³/mol. The Bertz CT molecular complexity index is 866. The number of hydrogen-bond donors (Lipinski definition) is 0. The lowest BCUT2D eigenvalue weighted by Gasteiger charge is -2.09. The van der Waals surface area contributed by atoms with E-state index in [0.29, 0.717) is 16.0 Å². The monoisotopic (exact) mass is 336 g/mol. The number of aryl methyl sites for hydroxylation is 1. The van der Waals surface area contributed by atoms with E-state index in [2.05, 4.69) is 0 Å². The van der Waals surface area contributed by atoms with E-state index in [4.69, 9.17) is 4.74 Å². The number of ether oxygens (including phenoxy) is 1. The van der Waals surface area contributed by atoms with Crippen molar-refractivity contribution in [2.45, 2.75) is 13.5 Å². The normalized spacial score (nSPS) is 10.4. The van der Waals surface area contributed by atoms with Crippen LogP contribution >= 0.6 is 11.3 Å². The van der Waals surface area contributed by atoms with Crippen LogP contribution in [0.4, 0.5) is 0 Å². The van der Waals surface area contributed by atoms with Gasteiger partial charge in [0.2, 0.25) is 5.78 Å². The summed E-state index contributed by atoms with van der Waals surface area (Å²) >= 11 is 1.36. The largest absolute Gasteiger partial charge is 0.457 e. The molecule has 24 heavy (non-hydrogen) atoms. The first kappa shape index (κ1) is 16.1. The summed E-state index contributed by atoms with van der Waals surface area (Å²) in [5.74, 6) is -0.648. The van der Waals surface area contributed by atoms with Gasteiger partial charge < -0.3 is 4.74 Å². The smallest absolute Gasteiger partial charge is 0.339 e. The zero-order valence-electron chi connectivity index (χ0n) is 13.2. The summed E-state index contributed by atoms with van der Waals surface area (Å²) in [6.45, 7) is 2.17. The summed E-state index contributed by atoms with van der Waals surface area (Å²) in [5, 5.41) is 1.84. The molecule has 2 aromatic carbocycles. The summed E-state index contributed by atoms with van der Waals surface area (Å²) in [5.41, 5.74) is 2.69. The van der Waals surface area contributed by atoms with E-state index in [1.165, 1.54) is 11.3 Å². The van der Waals surface area contributed by atoms with Crippen molar-refractivity contribution < 1.29 is 14.3 Å². The first-order valence-electron chi connectivity index (χ1n) is 7.55. The molecule has 0 N–H and O–H groups in total. The molecule has 1 heterocycles. The number of carbonyl (C=O) groups excluding carboxylic acids is 2. The highest BCUT2D eigenvalue weighted by Gasteiger charge is 2.19. The zero-order valence-corrected chi connectivity index (χ0v) is 14.0. The van der Waals surface area contributed by atoms with Crippen molar-refractivity contribution in [1.82, 2.24) is 0 Å². The Morgan fingerprint density at radius 1 is 0.958 bits per heavy atom. The van der Waals surface area contributed by atoms with Crippen LogP contribution in [0.2, 0.25) is 0 Å². The Hall–Kier alpha value is -2.72. The fourth-order valence-electron chi connectivity index (χ4n) is 2.43. The molecule has 0 atom stereocenters. The van der Waals surface area contributed by atoms with Gasteiger partial charge in [0.15, 0.2) is 0 Å². The number of benzene rings is 2. The van der Waals surface area contributed by atoms with Crippen LogP contribution in [0.3, 0.4) is 0 Å². The van der Waals surface area contributed by atoms with Crippen LogP contribution in [0.15, 0.2) is 66.0 Å². The number of thiophene rings is 1. The quantitative estimate of drug-likeness (QED) is 0.503.